The smallest absolute Gasteiger partial charge is 0.253 e. The molecule has 1 amide bonds. The van der Waals surface area contributed by atoms with Gasteiger partial charge in [-0.1, -0.05) is 18.6 Å². The molecule has 0 spiro atoms. The van der Waals surface area contributed by atoms with Crippen molar-refractivity contribution < 1.29 is 4.79 Å². The number of hydrogen-bond donors (Lipinski definition) is 2. The second-order valence-corrected chi connectivity index (χ2v) is 6.51. The summed E-state index contributed by atoms with van der Waals surface area (Å²) < 4.78 is 0. The van der Waals surface area contributed by atoms with E-state index >= 15 is 0 Å². The third-order valence-electron chi connectivity index (χ3n) is 3.48. The van der Waals surface area contributed by atoms with Gasteiger partial charge in [-0.15, -0.1) is 0 Å². The van der Waals surface area contributed by atoms with Crippen LogP contribution in [0, 0.1) is 6.92 Å². The molecule has 1 aliphatic heterocycles. The molecule has 0 bridgehead atoms. The van der Waals surface area contributed by atoms with Crippen LogP contribution in [0.1, 0.15) is 42.1 Å². The summed E-state index contributed by atoms with van der Waals surface area (Å²) in [6.07, 6.45) is 3.35. The number of aryl methyl sites for hydroxylation is 1. The maximum atomic E-state index is 12.5. The Morgan fingerprint density at radius 3 is 3.00 bits per heavy atom. The molecular formula is C16H24N2OS. The lowest BCUT2D eigenvalue weighted by atomic mass is 10.1. The van der Waals surface area contributed by atoms with E-state index in [2.05, 4.69) is 17.6 Å². The van der Waals surface area contributed by atoms with Crippen molar-refractivity contribution in [2.24, 2.45) is 0 Å². The molecule has 1 aromatic carbocycles. The average Bonchev–Trinajstić information content (AvgIpc) is 2.47. The first kappa shape index (κ1) is 15.2. The van der Waals surface area contributed by atoms with E-state index in [1.807, 2.05) is 36.9 Å². The highest BCUT2D eigenvalue weighted by Crippen LogP contribution is 2.20. The summed E-state index contributed by atoms with van der Waals surface area (Å²) in [5.41, 5.74) is 2.84. The van der Waals surface area contributed by atoms with Crippen LogP contribution in [0.15, 0.2) is 18.2 Å². The Hall–Kier alpha value is -1.16. The van der Waals surface area contributed by atoms with Gasteiger partial charge in [-0.05, 0) is 44.1 Å². The number of hydrogen-bond acceptors (Lipinski definition) is 3. The van der Waals surface area contributed by atoms with Crippen molar-refractivity contribution in [2.45, 2.75) is 39.2 Å². The van der Waals surface area contributed by atoms with Crippen molar-refractivity contribution >= 4 is 23.4 Å². The summed E-state index contributed by atoms with van der Waals surface area (Å²) in [7, 11) is 0. The van der Waals surface area contributed by atoms with E-state index in [9.17, 15) is 4.79 Å². The van der Waals surface area contributed by atoms with Gasteiger partial charge < -0.3 is 10.6 Å². The summed E-state index contributed by atoms with van der Waals surface area (Å²) >= 11 is 1.93. The third kappa shape index (κ3) is 4.17. The molecule has 1 aliphatic rings. The Morgan fingerprint density at radius 1 is 1.45 bits per heavy atom. The first-order valence-corrected chi connectivity index (χ1v) is 8.59. The molecule has 20 heavy (non-hydrogen) atoms. The number of benzene rings is 1. The topological polar surface area (TPSA) is 41.1 Å². The van der Waals surface area contributed by atoms with Gasteiger partial charge in [0.15, 0.2) is 0 Å². The lowest BCUT2D eigenvalue weighted by molar-refractivity contribution is 0.0939. The number of thioether (sulfide) groups is 1. The van der Waals surface area contributed by atoms with Gasteiger partial charge in [0.05, 0.1) is 5.56 Å². The van der Waals surface area contributed by atoms with Gasteiger partial charge in [0.1, 0.15) is 0 Å². The van der Waals surface area contributed by atoms with Gasteiger partial charge in [0.2, 0.25) is 0 Å². The third-order valence-corrected chi connectivity index (χ3v) is 4.70. The lowest BCUT2D eigenvalue weighted by Crippen LogP contribution is -2.38. The highest BCUT2D eigenvalue weighted by Gasteiger charge is 2.18. The fourth-order valence-corrected chi connectivity index (χ4v) is 3.45. The van der Waals surface area contributed by atoms with Crippen LogP contribution in [-0.2, 0) is 0 Å². The van der Waals surface area contributed by atoms with E-state index in [0.29, 0.717) is 6.04 Å². The Bertz CT molecular complexity index is 456. The molecule has 1 atom stereocenters. The van der Waals surface area contributed by atoms with Crippen molar-refractivity contribution in [3.63, 3.8) is 0 Å². The van der Waals surface area contributed by atoms with Crippen LogP contribution in [0.3, 0.4) is 0 Å². The maximum Gasteiger partial charge on any atom is 0.253 e. The summed E-state index contributed by atoms with van der Waals surface area (Å²) in [6.45, 7) is 5.04. The molecule has 0 saturated carbocycles. The second kappa shape index (κ2) is 7.58. The molecular weight excluding hydrogens is 268 g/mol. The average molecular weight is 292 g/mol. The zero-order valence-corrected chi connectivity index (χ0v) is 13.2. The van der Waals surface area contributed by atoms with Gasteiger partial charge >= 0.3 is 0 Å². The van der Waals surface area contributed by atoms with Crippen LogP contribution >= 0.6 is 11.8 Å². The van der Waals surface area contributed by atoms with Crippen LogP contribution in [0.4, 0.5) is 5.69 Å². The molecule has 1 saturated heterocycles. The highest BCUT2D eigenvalue weighted by atomic mass is 32.2. The maximum absolute atomic E-state index is 12.5. The van der Waals surface area contributed by atoms with Crippen LogP contribution < -0.4 is 10.6 Å². The van der Waals surface area contributed by atoms with Crippen LogP contribution in [0.5, 0.6) is 0 Å². The SMILES string of the molecule is CCCNc1ccc(C)cc1C(=O)NC1CCCSC1. The number of carbonyl (C=O) groups is 1. The first-order valence-electron chi connectivity index (χ1n) is 7.44. The minimum atomic E-state index is 0.0554. The standard InChI is InChI=1S/C16H24N2OS/c1-3-8-17-15-7-6-12(2)10-14(15)16(19)18-13-5-4-9-20-11-13/h6-7,10,13,17H,3-5,8-9,11H2,1-2H3,(H,18,19). The molecule has 0 aliphatic carbocycles. The molecule has 2 N–H and O–H groups in total. The minimum Gasteiger partial charge on any atom is -0.384 e. The van der Waals surface area contributed by atoms with E-state index in [1.54, 1.807) is 0 Å². The largest absolute Gasteiger partial charge is 0.384 e. The summed E-state index contributed by atoms with van der Waals surface area (Å²) in [5, 5.41) is 6.52. The first-order chi connectivity index (χ1) is 9.70. The number of nitrogens with one attached hydrogen (secondary N) is 2. The van der Waals surface area contributed by atoms with E-state index < -0.39 is 0 Å². The molecule has 110 valence electrons. The molecule has 2 rings (SSSR count). The van der Waals surface area contributed by atoms with Crippen molar-refractivity contribution in [2.75, 3.05) is 23.4 Å². The van der Waals surface area contributed by atoms with Crippen molar-refractivity contribution in [3.8, 4) is 0 Å². The summed E-state index contributed by atoms with van der Waals surface area (Å²) in [4.78, 5) is 12.5. The second-order valence-electron chi connectivity index (χ2n) is 5.36. The minimum absolute atomic E-state index is 0.0554. The molecule has 1 heterocycles. The predicted molar refractivity (Wildman–Crippen MR) is 87.8 cm³/mol. The van der Waals surface area contributed by atoms with E-state index in [0.717, 1.165) is 42.0 Å². The Balaban J connectivity index is 2.08. The van der Waals surface area contributed by atoms with Gasteiger partial charge in [-0.2, -0.15) is 11.8 Å². The Labute approximate surface area is 125 Å². The normalized spacial score (nSPS) is 18.6. The van der Waals surface area contributed by atoms with Gasteiger partial charge in [0.25, 0.3) is 5.91 Å². The fraction of sp³-hybridized carbons (Fsp3) is 0.562. The van der Waals surface area contributed by atoms with Crippen LogP contribution in [-0.4, -0.2) is 30.0 Å². The Kier molecular flexibility index (Phi) is 5.77. The number of anilines is 1. The van der Waals surface area contributed by atoms with Crippen LogP contribution in [0.25, 0.3) is 0 Å². The van der Waals surface area contributed by atoms with Crippen molar-refractivity contribution in [1.82, 2.24) is 5.32 Å². The molecule has 1 fully saturated rings. The zero-order chi connectivity index (χ0) is 14.4. The quantitative estimate of drug-likeness (QED) is 0.873. The number of amides is 1. The van der Waals surface area contributed by atoms with E-state index in [1.165, 1.54) is 12.2 Å². The van der Waals surface area contributed by atoms with E-state index in [-0.39, 0.29) is 5.91 Å². The van der Waals surface area contributed by atoms with Gasteiger partial charge in [-0.25, -0.2) is 0 Å². The Morgan fingerprint density at radius 2 is 2.30 bits per heavy atom. The summed E-state index contributed by atoms with van der Waals surface area (Å²) in [5.74, 6) is 2.31. The molecule has 3 nitrogen and oxygen atoms in total. The molecule has 1 aromatic rings. The van der Waals surface area contributed by atoms with E-state index in [4.69, 9.17) is 0 Å². The van der Waals surface area contributed by atoms with Gasteiger partial charge in [0, 0.05) is 24.0 Å². The molecule has 0 aromatic heterocycles. The number of rotatable bonds is 5. The van der Waals surface area contributed by atoms with Crippen molar-refractivity contribution in [1.29, 1.82) is 0 Å². The predicted octanol–water partition coefficient (Wildman–Crippen LogP) is 3.44. The van der Waals surface area contributed by atoms with Crippen molar-refractivity contribution in [3.05, 3.63) is 29.3 Å². The zero-order valence-electron chi connectivity index (χ0n) is 12.4. The lowest BCUT2D eigenvalue weighted by Gasteiger charge is -2.23. The highest BCUT2D eigenvalue weighted by molar-refractivity contribution is 7.99. The molecule has 1 unspecified atom stereocenters. The van der Waals surface area contributed by atoms with Crippen LogP contribution in [0.2, 0.25) is 0 Å². The van der Waals surface area contributed by atoms with Gasteiger partial charge in [-0.3, -0.25) is 4.79 Å². The molecule has 0 radical (unpaired) electrons. The number of carbonyl (C=O) groups excluding carboxylic acids is 1. The fourth-order valence-electron chi connectivity index (χ4n) is 2.38. The summed E-state index contributed by atoms with van der Waals surface area (Å²) in [6, 6.07) is 6.35. The molecule has 4 heteroatoms. The monoisotopic (exact) mass is 292 g/mol.